The molecule has 106 valence electrons. The highest BCUT2D eigenvalue weighted by atomic mass is 16.5. The molecule has 1 unspecified atom stereocenters. The van der Waals surface area contributed by atoms with Crippen LogP contribution in [0.3, 0.4) is 0 Å². The number of carbonyl (C=O) groups excluding carboxylic acids is 1. The zero-order valence-electron chi connectivity index (χ0n) is 12.4. The first-order chi connectivity index (χ1) is 8.99. The number of carbonyl (C=O) groups is 1. The summed E-state index contributed by atoms with van der Waals surface area (Å²) in [5, 5.41) is 3.21. The van der Waals surface area contributed by atoms with Crippen LogP contribution in [0.5, 0.6) is 5.75 Å². The van der Waals surface area contributed by atoms with Crippen molar-refractivity contribution in [1.82, 2.24) is 5.32 Å². The van der Waals surface area contributed by atoms with E-state index in [2.05, 4.69) is 5.32 Å². The topological polar surface area (TPSA) is 47.6 Å². The van der Waals surface area contributed by atoms with Crippen LogP contribution in [0, 0.1) is 6.92 Å². The molecule has 0 spiro atoms. The van der Waals surface area contributed by atoms with E-state index in [1.54, 1.807) is 14.0 Å². The Balaban J connectivity index is 3.32. The molecule has 0 aliphatic heterocycles. The van der Waals surface area contributed by atoms with Crippen LogP contribution in [0.4, 0.5) is 0 Å². The average Bonchev–Trinajstić information content (AvgIpc) is 2.39. The summed E-state index contributed by atoms with van der Waals surface area (Å²) in [7, 11) is 1.60. The molecule has 0 saturated carbocycles. The van der Waals surface area contributed by atoms with Gasteiger partial charge in [-0.15, -0.1) is 0 Å². The third kappa shape index (κ3) is 3.26. The van der Waals surface area contributed by atoms with Crippen LogP contribution in [-0.4, -0.2) is 26.2 Å². The molecule has 1 aromatic carbocycles. The van der Waals surface area contributed by atoms with Crippen LogP contribution in [0.1, 0.15) is 31.9 Å². The van der Waals surface area contributed by atoms with Crippen molar-refractivity contribution < 1.29 is 14.3 Å². The van der Waals surface area contributed by atoms with Crippen LogP contribution < -0.4 is 10.1 Å². The zero-order chi connectivity index (χ0) is 14.5. The molecule has 4 nitrogen and oxygen atoms in total. The third-order valence-corrected chi connectivity index (χ3v) is 3.11. The van der Waals surface area contributed by atoms with Gasteiger partial charge in [0.25, 0.3) is 0 Å². The average molecular weight is 265 g/mol. The quantitative estimate of drug-likeness (QED) is 0.802. The van der Waals surface area contributed by atoms with Crippen LogP contribution in [0.2, 0.25) is 0 Å². The molecule has 0 radical (unpaired) electrons. The maximum absolute atomic E-state index is 12.3. The van der Waals surface area contributed by atoms with E-state index in [1.807, 2.05) is 39.0 Å². The first-order valence-electron chi connectivity index (χ1n) is 6.57. The Morgan fingerprint density at radius 2 is 2.05 bits per heavy atom. The molecular formula is C15H23NO3. The molecule has 0 aliphatic rings. The molecular weight excluding hydrogens is 242 g/mol. The number of likely N-dealkylation sites (N-methyl/N-ethyl adjacent to an activating group) is 1. The Morgan fingerprint density at radius 3 is 2.58 bits per heavy atom. The van der Waals surface area contributed by atoms with E-state index in [0.29, 0.717) is 18.9 Å². The molecule has 19 heavy (non-hydrogen) atoms. The van der Waals surface area contributed by atoms with Gasteiger partial charge in [-0.2, -0.15) is 0 Å². The van der Waals surface area contributed by atoms with Gasteiger partial charge in [0.2, 0.25) is 0 Å². The van der Waals surface area contributed by atoms with E-state index >= 15 is 0 Å². The number of ether oxygens (including phenoxy) is 2. The minimum Gasteiger partial charge on any atom is -0.496 e. The van der Waals surface area contributed by atoms with Crippen molar-refractivity contribution in [1.29, 1.82) is 0 Å². The van der Waals surface area contributed by atoms with Gasteiger partial charge in [-0.25, -0.2) is 4.79 Å². The fourth-order valence-corrected chi connectivity index (χ4v) is 2.12. The van der Waals surface area contributed by atoms with Crippen molar-refractivity contribution in [3.05, 3.63) is 29.3 Å². The number of hydrogen-bond donors (Lipinski definition) is 1. The van der Waals surface area contributed by atoms with Gasteiger partial charge in [0.1, 0.15) is 11.3 Å². The SMILES string of the molecule is CCNC(C)(C(=O)OCC)c1cc(C)ccc1OC. The van der Waals surface area contributed by atoms with Gasteiger partial charge in [0.15, 0.2) is 0 Å². The normalized spacial score (nSPS) is 13.7. The van der Waals surface area contributed by atoms with Crippen molar-refractivity contribution in [3.63, 3.8) is 0 Å². The number of hydrogen-bond acceptors (Lipinski definition) is 4. The van der Waals surface area contributed by atoms with Crippen LogP contribution in [0.25, 0.3) is 0 Å². The number of rotatable bonds is 6. The predicted octanol–water partition coefficient (Wildman–Crippen LogP) is 2.39. The summed E-state index contributed by atoms with van der Waals surface area (Å²) < 4.78 is 10.6. The molecule has 0 bridgehead atoms. The molecule has 0 amide bonds. The number of benzene rings is 1. The summed E-state index contributed by atoms with van der Waals surface area (Å²) in [6.45, 7) is 8.59. The third-order valence-electron chi connectivity index (χ3n) is 3.11. The van der Waals surface area contributed by atoms with Crippen LogP contribution in [0.15, 0.2) is 18.2 Å². The second-order valence-electron chi connectivity index (χ2n) is 4.58. The summed E-state index contributed by atoms with van der Waals surface area (Å²) in [4.78, 5) is 12.3. The van der Waals surface area contributed by atoms with Crippen LogP contribution >= 0.6 is 0 Å². The molecule has 0 saturated heterocycles. The smallest absolute Gasteiger partial charge is 0.330 e. The second-order valence-corrected chi connectivity index (χ2v) is 4.58. The standard InChI is InChI=1S/C15H23NO3/c1-6-16-15(4,14(17)19-7-2)12-10-11(3)8-9-13(12)18-5/h8-10,16H,6-7H2,1-5H3. The van der Waals surface area contributed by atoms with Gasteiger partial charge in [0, 0.05) is 5.56 Å². The summed E-state index contributed by atoms with van der Waals surface area (Å²) in [5.74, 6) is 0.392. The monoisotopic (exact) mass is 265 g/mol. The Labute approximate surface area is 115 Å². The maximum Gasteiger partial charge on any atom is 0.330 e. The van der Waals surface area contributed by atoms with Crippen molar-refractivity contribution >= 4 is 5.97 Å². The molecule has 4 heteroatoms. The predicted molar refractivity (Wildman–Crippen MR) is 75.4 cm³/mol. The Bertz CT molecular complexity index is 445. The molecule has 0 aliphatic carbocycles. The Kier molecular flexibility index (Phi) is 5.36. The van der Waals surface area contributed by atoms with E-state index in [-0.39, 0.29) is 5.97 Å². The minimum atomic E-state index is -0.901. The molecule has 0 heterocycles. The highest BCUT2D eigenvalue weighted by Crippen LogP contribution is 2.32. The number of aryl methyl sites for hydroxylation is 1. The van der Waals surface area contributed by atoms with E-state index in [4.69, 9.17) is 9.47 Å². The van der Waals surface area contributed by atoms with E-state index in [9.17, 15) is 4.79 Å². The van der Waals surface area contributed by atoms with Crippen molar-refractivity contribution in [3.8, 4) is 5.75 Å². The van der Waals surface area contributed by atoms with E-state index in [0.717, 1.165) is 11.1 Å². The molecule has 0 fully saturated rings. The zero-order valence-corrected chi connectivity index (χ0v) is 12.4. The highest BCUT2D eigenvalue weighted by Gasteiger charge is 2.38. The van der Waals surface area contributed by atoms with Gasteiger partial charge in [0.05, 0.1) is 13.7 Å². The molecule has 1 atom stereocenters. The minimum absolute atomic E-state index is 0.291. The molecule has 0 aromatic heterocycles. The summed E-state index contributed by atoms with van der Waals surface area (Å²) in [5.41, 5.74) is 0.974. The van der Waals surface area contributed by atoms with E-state index < -0.39 is 5.54 Å². The first-order valence-corrected chi connectivity index (χ1v) is 6.57. The fourth-order valence-electron chi connectivity index (χ4n) is 2.12. The molecule has 1 N–H and O–H groups in total. The number of esters is 1. The summed E-state index contributed by atoms with van der Waals surface area (Å²) in [6, 6.07) is 5.79. The molecule has 1 aromatic rings. The van der Waals surface area contributed by atoms with Gasteiger partial charge in [-0.1, -0.05) is 18.6 Å². The number of methoxy groups -OCH3 is 1. The largest absolute Gasteiger partial charge is 0.496 e. The lowest BCUT2D eigenvalue weighted by Crippen LogP contribution is -2.47. The van der Waals surface area contributed by atoms with Crippen molar-refractivity contribution in [2.45, 2.75) is 33.2 Å². The lowest BCUT2D eigenvalue weighted by atomic mass is 9.89. The van der Waals surface area contributed by atoms with Gasteiger partial charge >= 0.3 is 5.97 Å². The van der Waals surface area contributed by atoms with Gasteiger partial charge in [-0.3, -0.25) is 5.32 Å². The van der Waals surface area contributed by atoms with Crippen molar-refractivity contribution in [2.24, 2.45) is 0 Å². The lowest BCUT2D eigenvalue weighted by Gasteiger charge is -2.30. The Hall–Kier alpha value is -1.55. The fraction of sp³-hybridized carbons (Fsp3) is 0.533. The maximum atomic E-state index is 12.3. The van der Waals surface area contributed by atoms with Crippen LogP contribution in [-0.2, 0) is 15.1 Å². The summed E-state index contributed by atoms with van der Waals surface area (Å²) >= 11 is 0. The van der Waals surface area contributed by atoms with Gasteiger partial charge < -0.3 is 9.47 Å². The summed E-state index contributed by atoms with van der Waals surface area (Å²) in [6.07, 6.45) is 0. The second kappa shape index (κ2) is 6.57. The van der Waals surface area contributed by atoms with Crippen molar-refractivity contribution in [2.75, 3.05) is 20.3 Å². The number of nitrogens with one attached hydrogen (secondary N) is 1. The van der Waals surface area contributed by atoms with E-state index in [1.165, 1.54) is 0 Å². The molecule has 1 rings (SSSR count). The van der Waals surface area contributed by atoms with Gasteiger partial charge in [-0.05, 0) is 39.4 Å². The lowest BCUT2D eigenvalue weighted by molar-refractivity contribution is -0.151. The highest BCUT2D eigenvalue weighted by molar-refractivity contribution is 5.83. The first kappa shape index (κ1) is 15.5. The Morgan fingerprint density at radius 1 is 1.37 bits per heavy atom.